The molecular weight excluding hydrogens is 925 g/mol. The van der Waals surface area contributed by atoms with Crippen molar-refractivity contribution in [1.82, 2.24) is 0 Å². The summed E-state index contributed by atoms with van der Waals surface area (Å²) in [4.78, 5) is 0. The highest BCUT2D eigenvalue weighted by Gasteiger charge is 2.43. The van der Waals surface area contributed by atoms with Gasteiger partial charge >= 0.3 is 0 Å². The van der Waals surface area contributed by atoms with Gasteiger partial charge in [0.25, 0.3) is 0 Å². The lowest BCUT2D eigenvalue weighted by Crippen LogP contribution is -2.17. The fourth-order valence-electron chi connectivity index (χ4n) is 14.6. The Morgan fingerprint density at radius 1 is 0.234 bits per heavy atom. The fraction of sp³-hybridized carbons (Fsp3) is 0.0909. The van der Waals surface area contributed by atoms with Crippen LogP contribution in [0.1, 0.15) is 55.5 Å². The van der Waals surface area contributed by atoms with Gasteiger partial charge in [0.1, 0.15) is 0 Å². The first kappa shape index (κ1) is 44.2. The van der Waals surface area contributed by atoms with Crippen LogP contribution < -0.4 is 0 Å². The molecule has 0 radical (unpaired) electrons. The van der Waals surface area contributed by atoms with Gasteiger partial charge in [-0.2, -0.15) is 0 Å². The average molecular weight is 979 g/mol. The normalized spacial score (nSPS) is 14.0. The van der Waals surface area contributed by atoms with Gasteiger partial charge in [-0.3, -0.25) is 0 Å². The van der Waals surface area contributed by atoms with E-state index in [-0.39, 0.29) is 10.8 Å². The first-order valence-electron chi connectivity index (χ1n) is 27.4. The molecule has 0 aliphatic heterocycles. The van der Waals surface area contributed by atoms with E-state index in [0.29, 0.717) is 0 Å². The average Bonchev–Trinajstić information content (AvgIpc) is 4.06. The molecule has 2 aliphatic carbocycles. The van der Waals surface area contributed by atoms with Crippen molar-refractivity contribution in [2.45, 2.75) is 45.4 Å². The fourth-order valence-corrected chi connectivity index (χ4v) is 14.6. The van der Waals surface area contributed by atoms with Crippen molar-refractivity contribution in [3.05, 3.63) is 264 Å². The van der Waals surface area contributed by atoms with Crippen LogP contribution in [0.25, 0.3) is 141 Å². The van der Waals surface area contributed by atoms with Crippen molar-refractivity contribution < 1.29 is 0 Å². The zero-order valence-corrected chi connectivity index (χ0v) is 44.0. The van der Waals surface area contributed by atoms with Crippen molar-refractivity contribution >= 4 is 97.0 Å². The molecule has 0 spiro atoms. The summed E-state index contributed by atoms with van der Waals surface area (Å²) in [5.41, 5.74) is 18.0. The van der Waals surface area contributed by atoms with Crippen molar-refractivity contribution in [2.75, 3.05) is 0 Å². The van der Waals surface area contributed by atoms with Crippen LogP contribution in [0.5, 0.6) is 0 Å². The van der Waals surface area contributed by atoms with Crippen LogP contribution in [0.3, 0.4) is 0 Å². The van der Waals surface area contributed by atoms with Gasteiger partial charge in [0.05, 0.1) is 0 Å². The summed E-state index contributed by atoms with van der Waals surface area (Å²) in [5, 5.41) is 23.9. The van der Waals surface area contributed by atoms with Crippen molar-refractivity contribution in [2.24, 2.45) is 0 Å². The summed E-state index contributed by atoms with van der Waals surface area (Å²) < 4.78 is 0. The number of rotatable bonds is 2. The van der Waals surface area contributed by atoms with Crippen LogP contribution in [0.2, 0.25) is 0 Å². The molecule has 0 N–H and O–H groups in total. The van der Waals surface area contributed by atoms with Crippen molar-refractivity contribution in [3.8, 4) is 44.5 Å². The molecule has 15 aromatic carbocycles. The molecule has 0 atom stereocenters. The number of aryl methyl sites for hydroxylation is 1. The third kappa shape index (κ3) is 6.16. The molecule has 0 bridgehead atoms. The van der Waals surface area contributed by atoms with Gasteiger partial charge in [-0.15, -0.1) is 0 Å². The highest BCUT2D eigenvalue weighted by molar-refractivity contribution is 6.28. The lowest BCUT2D eigenvalue weighted by atomic mass is 9.79. The second kappa shape index (κ2) is 16.0. The maximum Gasteiger partial charge on any atom is 0.0159 e. The first-order valence-corrected chi connectivity index (χ1v) is 27.4. The van der Waals surface area contributed by atoms with Gasteiger partial charge in [0.2, 0.25) is 0 Å². The van der Waals surface area contributed by atoms with Gasteiger partial charge < -0.3 is 0 Å². The first-order chi connectivity index (χ1) is 37.6. The largest absolute Gasteiger partial charge is 0.0622 e. The third-order valence-electron chi connectivity index (χ3n) is 18.3. The predicted octanol–water partition coefficient (Wildman–Crippen LogP) is 21.4. The van der Waals surface area contributed by atoms with Crippen LogP contribution >= 0.6 is 0 Å². The van der Waals surface area contributed by atoms with Crippen LogP contribution in [0.15, 0.2) is 237 Å². The molecule has 0 saturated carbocycles. The van der Waals surface area contributed by atoms with Crippen LogP contribution in [0.4, 0.5) is 0 Å². The Kier molecular flexibility index (Phi) is 9.17. The van der Waals surface area contributed by atoms with Crippen LogP contribution in [-0.4, -0.2) is 0 Å². The lowest BCUT2D eigenvalue weighted by molar-refractivity contribution is 0.652. The van der Waals surface area contributed by atoms with E-state index in [1.165, 1.54) is 169 Å². The van der Waals surface area contributed by atoms with E-state index in [4.69, 9.17) is 0 Å². The van der Waals surface area contributed by atoms with E-state index in [1.54, 1.807) is 0 Å². The molecule has 77 heavy (non-hydrogen) atoms. The maximum absolute atomic E-state index is 2.57. The molecule has 0 heteroatoms. The summed E-state index contributed by atoms with van der Waals surface area (Å²) in [6.45, 7) is 12.0. The summed E-state index contributed by atoms with van der Waals surface area (Å²) in [7, 11) is 0. The molecule has 0 aromatic heterocycles. The van der Waals surface area contributed by atoms with E-state index in [1.807, 2.05) is 0 Å². The highest BCUT2D eigenvalue weighted by Crippen LogP contribution is 2.59. The number of benzene rings is 15. The van der Waals surface area contributed by atoms with Gasteiger partial charge in [-0.25, -0.2) is 0 Å². The van der Waals surface area contributed by atoms with Crippen LogP contribution in [-0.2, 0) is 10.8 Å². The Morgan fingerprint density at radius 3 is 1.36 bits per heavy atom. The second-order valence-corrected chi connectivity index (χ2v) is 23.1. The van der Waals surface area contributed by atoms with Gasteiger partial charge in [0.15, 0.2) is 0 Å². The molecule has 15 aromatic rings. The highest BCUT2D eigenvalue weighted by atomic mass is 14.5. The molecular formula is C77H54. The smallest absolute Gasteiger partial charge is 0.0159 e. The quantitative estimate of drug-likeness (QED) is 0.120. The zero-order chi connectivity index (χ0) is 51.5. The Morgan fingerprint density at radius 2 is 0.701 bits per heavy atom. The Labute approximate surface area is 448 Å². The van der Waals surface area contributed by atoms with Gasteiger partial charge in [0, 0.05) is 10.8 Å². The molecule has 0 amide bonds. The zero-order valence-electron chi connectivity index (χ0n) is 44.0. The van der Waals surface area contributed by atoms with Crippen molar-refractivity contribution in [1.29, 1.82) is 0 Å². The predicted molar refractivity (Wildman–Crippen MR) is 332 cm³/mol. The van der Waals surface area contributed by atoms with E-state index >= 15 is 0 Å². The maximum atomic E-state index is 2.57. The minimum atomic E-state index is -0.0719. The SMILES string of the molecule is Cc1cc2c(c3ccccc13)-c1cc3c(cc1C2(C)C)-c1c(cc2ccc4cccc5ccc1c2c45)C3(C)C.c1ccc(-c2c3ccccc3c(-c3cccc4c3ccc3cc5ccccc5cc34)c3ccccc23)cc1. The molecule has 0 saturated heterocycles. The summed E-state index contributed by atoms with van der Waals surface area (Å²) in [6.07, 6.45) is 0. The Balaban J connectivity index is 0.000000129. The summed E-state index contributed by atoms with van der Waals surface area (Å²) >= 11 is 0. The van der Waals surface area contributed by atoms with E-state index in [9.17, 15) is 0 Å². The van der Waals surface area contributed by atoms with Gasteiger partial charge in [-0.1, -0.05) is 234 Å². The molecule has 0 heterocycles. The number of fused-ring (bicyclic) bond motifs is 15. The Hall–Kier alpha value is -9.10. The molecule has 362 valence electrons. The van der Waals surface area contributed by atoms with E-state index < -0.39 is 0 Å². The van der Waals surface area contributed by atoms with E-state index in [0.717, 1.165) is 0 Å². The van der Waals surface area contributed by atoms with Crippen LogP contribution in [0, 0.1) is 6.92 Å². The topological polar surface area (TPSA) is 0 Å². The number of hydrogen-bond donors (Lipinski definition) is 0. The molecule has 0 unspecified atom stereocenters. The Bertz CT molecular complexity index is 4950. The monoisotopic (exact) mass is 978 g/mol. The van der Waals surface area contributed by atoms with E-state index in [2.05, 4.69) is 271 Å². The molecule has 0 nitrogen and oxygen atoms in total. The standard InChI is InChI=1S/C39H30.C38H24/c1-21-17-32-36(26-12-7-6-11-25(21)26)28-19-31-29(20-30(28)38(32,2)3)37-27-16-15-23-10-8-9-22-13-14-24(35(27)34(22)23)18-33(37)39(31,4)5;1-2-11-25(12-3-1)37-32-15-6-8-17-34(32)38(35-18-9-7-16-33(35)37)31-20-10-19-29-30(31)22-21-28-23-26-13-4-5-14-27(26)24-36(28)29/h6-20H,1-5H3;1-24H. The molecule has 0 fully saturated rings. The second-order valence-electron chi connectivity index (χ2n) is 23.1. The number of hydrogen-bond acceptors (Lipinski definition) is 0. The third-order valence-corrected chi connectivity index (χ3v) is 18.3. The minimum Gasteiger partial charge on any atom is -0.0622 e. The molecule has 2 aliphatic rings. The molecule has 17 rings (SSSR count). The summed E-state index contributed by atoms with van der Waals surface area (Å²) in [5.74, 6) is 0. The summed E-state index contributed by atoms with van der Waals surface area (Å²) in [6, 6.07) is 88.4. The lowest BCUT2D eigenvalue weighted by Gasteiger charge is -2.24. The minimum absolute atomic E-state index is 0.0504. The van der Waals surface area contributed by atoms with Crippen molar-refractivity contribution in [3.63, 3.8) is 0 Å². The van der Waals surface area contributed by atoms with Gasteiger partial charge in [-0.05, 0) is 207 Å².